The maximum absolute atomic E-state index is 2.27. The average molecular weight is 266 g/mol. The number of rotatable bonds is 8. The van der Waals surface area contributed by atoms with E-state index < -0.39 is 0 Å². The van der Waals surface area contributed by atoms with E-state index in [4.69, 9.17) is 0 Å². The van der Waals surface area contributed by atoms with Crippen LogP contribution in [0, 0.1) is 0 Å². The summed E-state index contributed by atoms with van der Waals surface area (Å²) in [5.41, 5.74) is 0. The monoisotopic (exact) mass is 264 g/mol. The first-order valence-corrected chi connectivity index (χ1v) is 5.41. The zero-order valence-electron chi connectivity index (χ0n) is 9.59. The third-order valence-corrected chi connectivity index (χ3v) is 2.21. The van der Waals surface area contributed by atoms with Crippen molar-refractivity contribution in [2.45, 2.75) is 71.6 Å². The molecule has 0 unspecified atom stereocenters. The van der Waals surface area contributed by atoms with Crippen LogP contribution in [-0.4, -0.2) is 0 Å². The lowest BCUT2D eigenvalue weighted by molar-refractivity contribution is 0.572. The van der Waals surface area contributed by atoms with Gasteiger partial charge in [-0.05, 0) is 0 Å². The van der Waals surface area contributed by atoms with E-state index in [-0.39, 0.29) is 37.2 Å². The molecule has 0 saturated carbocycles. The van der Waals surface area contributed by atoms with Crippen LogP contribution < -0.4 is 0 Å². The Morgan fingerprint density at radius 2 is 0.643 bits per heavy atom. The van der Waals surface area contributed by atoms with Gasteiger partial charge < -0.3 is 0 Å². The number of halogens is 3. The van der Waals surface area contributed by atoms with E-state index in [2.05, 4.69) is 13.8 Å². The van der Waals surface area contributed by atoms with E-state index in [1.54, 1.807) is 0 Å². The molecule has 0 aliphatic carbocycles. The second-order valence-electron chi connectivity index (χ2n) is 3.47. The fraction of sp³-hybridized carbons (Fsp3) is 1.00. The van der Waals surface area contributed by atoms with Gasteiger partial charge in [0.1, 0.15) is 0 Å². The van der Waals surface area contributed by atoms with Crippen LogP contribution in [0.1, 0.15) is 71.6 Å². The maximum atomic E-state index is 2.27. The summed E-state index contributed by atoms with van der Waals surface area (Å²) in [4.78, 5) is 0. The number of unbranched alkanes of at least 4 members (excludes halogenated alkanes) is 8. The van der Waals surface area contributed by atoms with E-state index in [9.17, 15) is 0 Å². The molecular weight excluding hydrogens is 238 g/mol. The first-order chi connectivity index (χ1) is 5.41. The lowest BCUT2D eigenvalue weighted by atomic mass is 10.1. The van der Waals surface area contributed by atoms with Crippen LogP contribution in [0.3, 0.4) is 0 Å². The summed E-state index contributed by atoms with van der Waals surface area (Å²) < 4.78 is 0. The summed E-state index contributed by atoms with van der Waals surface area (Å²) >= 11 is 0. The molecule has 0 rings (SSSR count). The summed E-state index contributed by atoms with van der Waals surface area (Å²) in [5, 5.41) is 0. The standard InChI is InChI=1S/C11H24.3ClH/c1-3-5-7-9-11-10-8-6-4-2;;;/h3-11H2,1-2H3;3*1H. The minimum atomic E-state index is 0. The SMILES string of the molecule is CCCCCCCCCCC.Cl.Cl.Cl. The second-order valence-corrected chi connectivity index (χ2v) is 3.47. The van der Waals surface area contributed by atoms with Gasteiger partial charge >= 0.3 is 0 Å². The van der Waals surface area contributed by atoms with E-state index in [0.717, 1.165) is 0 Å². The predicted octanol–water partition coefficient (Wildman–Crippen LogP) is 5.80. The van der Waals surface area contributed by atoms with Crippen LogP contribution in [0.4, 0.5) is 0 Å². The van der Waals surface area contributed by atoms with Crippen LogP contribution in [0.5, 0.6) is 0 Å². The van der Waals surface area contributed by atoms with Gasteiger partial charge in [-0.2, -0.15) is 0 Å². The van der Waals surface area contributed by atoms with Crippen molar-refractivity contribution in [1.29, 1.82) is 0 Å². The van der Waals surface area contributed by atoms with Crippen LogP contribution in [0.2, 0.25) is 0 Å². The summed E-state index contributed by atoms with van der Waals surface area (Å²) in [6, 6.07) is 0. The van der Waals surface area contributed by atoms with Gasteiger partial charge in [0, 0.05) is 0 Å². The largest absolute Gasteiger partial charge is 0.147 e. The van der Waals surface area contributed by atoms with Crippen molar-refractivity contribution < 1.29 is 0 Å². The zero-order valence-corrected chi connectivity index (χ0v) is 12.0. The van der Waals surface area contributed by atoms with Crippen LogP contribution >= 0.6 is 37.2 Å². The molecule has 0 radical (unpaired) electrons. The van der Waals surface area contributed by atoms with Crippen LogP contribution in [0.15, 0.2) is 0 Å². The molecule has 3 heteroatoms. The Morgan fingerprint density at radius 3 is 0.857 bits per heavy atom. The molecule has 0 aliphatic rings. The Bertz CT molecular complexity index is 59.6. The highest BCUT2D eigenvalue weighted by Gasteiger charge is 1.88. The van der Waals surface area contributed by atoms with Crippen molar-refractivity contribution in [2.75, 3.05) is 0 Å². The summed E-state index contributed by atoms with van der Waals surface area (Å²) in [6.45, 7) is 4.55. The van der Waals surface area contributed by atoms with Crippen molar-refractivity contribution in [1.82, 2.24) is 0 Å². The molecule has 0 aromatic carbocycles. The van der Waals surface area contributed by atoms with Crippen molar-refractivity contribution in [3.63, 3.8) is 0 Å². The van der Waals surface area contributed by atoms with Gasteiger partial charge in [-0.25, -0.2) is 0 Å². The lowest BCUT2D eigenvalue weighted by Gasteiger charge is -1.98. The Morgan fingerprint density at radius 1 is 0.429 bits per heavy atom. The van der Waals surface area contributed by atoms with Crippen molar-refractivity contribution in [3.8, 4) is 0 Å². The van der Waals surface area contributed by atoms with Crippen molar-refractivity contribution in [2.24, 2.45) is 0 Å². The Balaban J connectivity index is -0.000000167. The number of hydrogen-bond donors (Lipinski definition) is 0. The molecule has 0 aliphatic heterocycles. The molecule has 0 fully saturated rings. The Labute approximate surface area is 109 Å². The van der Waals surface area contributed by atoms with E-state index >= 15 is 0 Å². The Kier molecular flexibility index (Phi) is 40.8. The number of hydrogen-bond acceptors (Lipinski definition) is 0. The summed E-state index contributed by atoms with van der Waals surface area (Å²) in [6.07, 6.45) is 13.0. The minimum Gasteiger partial charge on any atom is -0.147 e. The molecule has 0 bridgehead atoms. The van der Waals surface area contributed by atoms with Gasteiger partial charge in [0.2, 0.25) is 0 Å². The van der Waals surface area contributed by atoms with Crippen molar-refractivity contribution >= 4 is 37.2 Å². The fourth-order valence-electron chi connectivity index (χ4n) is 1.38. The molecule has 0 aromatic rings. The van der Waals surface area contributed by atoms with Gasteiger partial charge in [0.25, 0.3) is 0 Å². The fourth-order valence-corrected chi connectivity index (χ4v) is 1.38. The van der Waals surface area contributed by atoms with Gasteiger partial charge in [0.05, 0.1) is 0 Å². The van der Waals surface area contributed by atoms with E-state index in [0.29, 0.717) is 0 Å². The van der Waals surface area contributed by atoms with E-state index in [1.165, 1.54) is 57.8 Å². The molecule has 0 aromatic heterocycles. The van der Waals surface area contributed by atoms with Gasteiger partial charge in [-0.15, -0.1) is 37.2 Å². The molecule has 14 heavy (non-hydrogen) atoms. The summed E-state index contributed by atoms with van der Waals surface area (Å²) in [5.74, 6) is 0. The van der Waals surface area contributed by atoms with Gasteiger partial charge in [-0.3, -0.25) is 0 Å². The third-order valence-electron chi connectivity index (χ3n) is 2.21. The van der Waals surface area contributed by atoms with E-state index in [1.807, 2.05) is 0 Å². The lowest BCUT2D eigenvalue weighted by Crippen LogP contribution is -1.79. The minimum absolute atomic E-state index is 0. The van der Waals surface area contributed by atoms with Crippen LogP contribution in [-0.2, 0) is 0 Å². The molecule has 0 nitrogen and oxygen atoms in total. The molecule has 0 heterocycles. The maximum Gasteiger partial charge on any atom is -0.0533 e. The second kappa shape index (κ2) is 23.6. The Hall–Kier alpha value is 0.870. The van der Waals surface area contributed by atoms with Gasteiger partial charge in [0.15, 0.2) is 0 Å². The predicted molar refractivity (Wildman–Crippen MR) is 74.6 cm³/mol. The highest BCUT2D eigenvalue weighted by molar-refractivity contribution is 5.86. The first-order valence-electron chi connectivity index (χ1n) is 5.41. The quantitative estimate of drug-likeness (QED) is 0.486. The molecule has 0 saturated heterocycles. The molecule has 92 valence electrons. The topological polar surface area (TPSA) is 0 Å². The highest BCUT2D eigenvalue weighted by atomic mass is 35.5. The average Bonchev–Trinajstić information content (AvgIpc) is 2.03. The zero-order chi connectivity index (χ0) is 8.36. The van der Waals surface area contributed by atoms with Gasteiger partial charge in [-0.1, -0.05) is 71.6 Å². The van der Waals surface area contributed by atoms with Crippen LogP contribution in [0.25, 0.3) is 0 Å². The van der Waals surface area contributed by atoms with Crippen molar-refractivity contribution in [3.05, 3.63) is 0 Å². The molecule has 0 spiro atoms. The molecular formula is C11H27Cl3. The summed E-state index contributed by atoms with van der Waals surface area (Å²) in [7, 11) is 0. The molecule has 0 amide bonds. The highest BCUT2D eigenvalue weighted by Crippen LogP contribution is 2.08. The third kappa shape index (κ3) is 23.0. The molecule has 0 N–H and O–H groups in total. The first kappa shape index (κ1) is 24.2. The smallest absolute Gasteiger partial charge is 0.0533 e. The normalized spacial score (nSPS) is 8.14. The molecule has 0 atom stereocenters.